The van der Waals surface area contributed by atoms with Crippen LogP contribution in [0.1, 0.15) is 41.5 Å². The van der Waals surface area contributed by atoms with Gasteiger partial charge in [-0.05, 0) is 0 Å². The molecule has 3 atom stereocenters. The summed E-state index contributed by atoms with van der Waals surface area (Å²) >= 11 is 0. The molecule has 0 aromatic carbocycles. The first-order valence-electron chi connectivity index (χ1n) is 7.25. The largest absolute Gasteiger partial charge is 0.329 e. The second-order valence-electron chi connectivity index (χ2n) is 7.96. The summed E-state index contributed by atoms with van der Waals surface area (Å²) in [4.78, 5) is 27.1. The predicted molar refractivity (Wildman–Crippen MR) is 76.4 cm³/mol. The number of Topliss-reactive ketones (excluding diaryl/α,β-unsaturated/α-hetero) is 1. The zero-order valence-electron chi connectivity index (χ0n) is 13.3. The Labute approximate surface area is 120 Å². The lowest BCUT2D eigenvalue weighted by Crippen LogP contribution is -2.51. The third-order valence-corrected chi connectivity index (χ3v) is 4.01. The maximum Gasteiger partial charge on any atom is 0.228 e. The molecule has 112 valence electrons. The van der Waals surface area contributed by atoms with Crippen molar-refractivity contribution in [3.63, 3.8) is 0 Å². The molecule has 5 nitrogen and oxygen atoms in total. The van der Waals surface area contributed by atoms with Gasteiger partial charge < -0.3 is 4.90 Å². The van der Waals surface area contributed by atoms with E-state index < -0.39 is 16.9 Å². The van der Waals surface area contributed by atoms with E-state index in [0.717, 1.165) is 0 Å². The summed E-state index contributed by atoms with van der Waals surface area (Å²) in [6, 6.07) is -0.592. The number of carbonyl (C=O) groups is 2. The smallest absolute Gasteiger partial charge is 0.228 e. The maximum atomic E-state index is 12.8. The van der Waals surface area contributed by atoms with Gasteiger partial charge in [0.2, 0.25) is 5.91 Å². The first-order valence-corrected chi connectivity index (χ1v) is 7.25. The molecule has 0 spiro atoms. The Hall–Kier alpha value is -1.26. The zero-order chi connectivity index (χ0) is 15.3. The molecule has 0 aromatic rings. The van der Waals surface area contributed by atoms with Gasteiger partial charge in [-0.2, -0.15) is 10.2 Å². The molecular weight excluding hydrogens is 254 g/mol. The third kappa shape index (κ3) is 2.50. The predicted octanol–water partition coefficient (Wildman–Crippen LogP) is 2.31. The maximum absolute atomic E-state index is 12.8. The first kappa shape index (κ1) is 15.1. The number of likely N-dealkylation sites (tertiary alicyclic amines) is 1. The van der Waals surface area contributed by atoms with Gasteiger partial charge in [0.25, 0.3) is 0 Å². The van der Waals surface area contributed by atoms with Gasteiger partial charge >= 0.3 is 0 Å². The molecule has 0 radical (unpaired) electrons. The number of ketones is 1. The van der Waals surface area contributed by atoms with E-state index in [1.165, 1.54) is 0 Å². The van der Waals surface area contributed by atoms with Crippen molar-refractivity contribution in [1.82, 2.24) is 4.90 Å². The molecule has 1 fully saturated rings. The molecule has 2 rings (SSSR count). The Morgan fingerprint density at radius 2 is 1.65 bits per heavy atom. The van der Waals surface area contributed by atoms with Crippen LogP contribution < -0.4 is 0 Å². The summed E-state index contributed by atoms with van der Waals surface area (Å²) in [5.41, 5.74) is -0.958. The summed E-state index contributed by atoms with van der Waals surface area (Å²) in [5.74, 6) is 0.325. The molecule has 20 heavy (non-hydrogen) atoms. The van der Waals surface area contributed by atoms with Crippen molar-refractivity contribution >= 4 is 11.7 Å². The molecule has 0 bridgehead atoms. The topological polar surface area (TPSA) is 62.1 Å². The highest BCUT2D eigenvalue weighted by Gasteiger charge is 2.53. The molecule has 5 heteroatoms. The highest BCUT2D eigenvalue weighted by molar-refractivity contribution is 5.95. The second-order valence-corrected chi connectivity index (χ2v) is 7.96. The fourth-order valence-electron chi connectivity index (χ4n) is 2.87. The van der Waals surface area contributed by atoms with E-state index in [4.69, 9.17) is 0 Å². The average molecular weight is 279 g/mol. The van der Waals surface area contributed by atoms with Crippen LogP contribution in [-0.4, -0.2) is 41.8 Å². The molecule has 2 heterocycles. The Kier molecular flexibility index (Phi) is 3.51. The molecule has 3 unspecified atom stereocenters. The van der Waals surface area contributed by atoms with E-state index in [0.29, 0.717) is 13.1 Å². The minimum atomic E-state index is -0.480. The van der Waals surface area contributed by atoms with Crippen molar-refractivity contribution in [2.24, 2.45) is 27.0 Å². The van der Waals surface area contributed by atoms with Crippen molar-refractivity contribution in [1.29, 1.82) is 0 Å². The van der Waals surface area contributed by atoms with Crippen LogP contribution in [0.3, 0.4) is 0 Å². The van der Waals surface area contributed by atoms with E-state index in [-0.39, 0.29) is 23.7 Å². The number of hydrogen-bond acceptors (Lipinski definition) is 4. The van der Waals surface area contributed by atoms with Gasteiger partial charge in [0.1, 0.15) is 12.1 Å². The fourth-order valence-corrected chi connectivity index (χ4v) is 2.87. The van der Waals surface area contributed by atoms with Gasteiger partial charge in [0.05, 0.1) is 6.54 Å². The van der Waals surface area contributed by atoms with Crippen molar-refractivity contribution in [3.05, 3.63) is 0 Å². The van der Waals surface area contributed by atoms with E-state index in [2.05, 4.69) is 10.2 Å². The van der Waals surface area contributed by atoms with Crippen molar-refractivity contribution in [2.45, 2.75) is 53.6 Å². The van der Waals surface area contributed by atoms with Gasteiger partial charge in [0, 0.05) is 23.3 Å². The molecule has 1 saturated heterocycles. The van der Waals surface area contributed by atoms with Crippen LogP contribution in [0.2, 0.25) is 0 Å². The van der Waals surface area contributed by atoms with Crippen LogP contribution >= 0.6 is 0 Å². The molecule has 0 aliphatic carbocycles. The summed E-state index contributed by atoms with van der Waals surface area (Å²) in [5, 5.41) is 8.31. The minimum absolute atomic E-state index is 0.0321. The number of amides is 1. The van der Waals surface area contributed by atoms with E-state index >= 15 is 0 Å². The molecule has 0 aromatic heterocycles. The van der Waals surface area contributed by atoms with Gasteiger partial charge in [-0.25, -0.2) is 0 Å². The molecule has 2 aliphatic rings. The summed E-state index contributed by atoms with van der Waals surface area (Å²) in [6.45, 7) is 12.6. The van der Waals surface area contributed by atoms with Crippen LogP contribution in [0.15, 0.2) is 10.2 Å². The minimum Gasteiger partial charge on any atom is -0.329 e. The highest BCUT2D eigenvalue weighted by atomic mass is 16.2. The summed E-state index contributed by atoms with van der Waals surface area (Å²) in [7, 11) is 0. The Morgan fingerprint density at radius 3 is 2.15 bits per heavy atom. The van der Waals surface area contributed by atoms with Gasteiger partial charge in [-0.15, -0.1) is 0 Å². The Bertz CT molecular complexity index is 457. The van der Waals surface area contributed by atoms with Crippen LogP contribution in [0, 0.1) is 16.7 Å². The lowest BCUT2D eigenvalue weighted by Gasteiger charge is -2.34. The van der Waals surface area contributed by atoms with Crippen LogP contribution in [0.25, 0.3) is 0 Å². The normalized spacial score (nSPS) is 29.7. The molecule has 1 amide bonds. The molecular formula is C15H25N3O2. The molecule has 0 saturated carbocycles. The van der Waals surface area contributed by atoms with Crippen LogP contribution in [-0.2, 0) is 9.59 Å². The standard InChI is InChI=1S/C15H25N3O2/c1-14(2,3)12(19)11-10-9(7-16-17-10)8-18(11)13(20)15(4,5)6/h9-11H,7-8H2,1-6H3. The van der Waals surface area contributed by atoms with E-state index in [1.54, 1.807) is 4.90 Å². The van der Waals surface area contributed by atoms with Crippen molar-refractivity contribution < 1.29 is 9.59 Å². The van der Waals surface area contributed by atoms with Crippen LogP contribution in [0.5, 0.6) is 0 Å². The average Bonchev–Trinajstić information content (AvgIpc) is 2.83. The number of hydrogen-bond donors (Lipinski definition) is 0. The Morgan fingerprint density at radius 1 is 1.05 bits per heavy atom. The number of fused-ring (bicyclic) bond motifs is 1. The van der Waals surface area contributed by atoms with Gasteiger partial charge in [-0.3, -0.25) is 9.59 Å². The van der Waals surface area contributed by atoms with E-state index in [9.17, 15) is 9.59 Å². The second kappa shape index (κ2) is 4.64. The van der Waals surface area contributed by atoms with Crippen LogP contribution in [0.4, 0.5) is 0 Å². The van der Waals surface area contributed by atoms with Crippen molar-refractivity contribution in [2.75, 3.05) is 13.1 Å². The number of azo groups is 1. The first-order chi connectivity index (χ1) is 9.03. The monoisotopic (exact) mass is 279 g/mol. The zero-order valence-corrected chi connectivity index (χ0v) is 13.3. The number of nitrogens with zero attached hydrogens (tertiary/aromatic N) is 3. The Balaban J connectivity index is 2.34. The molecule has 0 N–H and O–H groups in total. The quantitative estimate of drug-likeness (QED) is 0.739. The molecule has 2 aliphatic heterocycles. The summed E-state index contributed by atoms with van der Waals surface area (Å²) in [6.07, 6.45) is 0. The number of rotatable bonds is 1. The van der Waals surface area contributed by atoms with Gasteiger partial charge in [0.15, 0.2) is 5.78 Å². The highest BCUT2D eigenvalue weighted by Crippen LogP contribution is 2.37. The fraction of sp³-hybridized carbons (Fsp3) is 0.867. The lowest BCUT2D eigenvalue weighted by molar-refractivity contribution is -0.146. The lowest BCUT2D eigenvalue weighted by atomic mass is 9.82. The summed E-state index contributed by atoms with van der Waals surface area (Å²) < 4.78 is 0. The third-order valence-electron chi connectivity index (χ3n) is 4.01. The van der Waals surface area contributed by atoms with E-state index in [1.807, 2.05) is 41.5 Å². The van der Waals surface area contributed by atoms with Gasteiger partial charge in [-0.1, -0.05) is 41.5 Å². The SMILES string of the molecule is CC(C)(C)C(=O)C1C2N=NCC2CN1C(=O)C(C)(C)C. The number of carbonyl (C=O) groups excluding carboxylic acids is 2. The van der Waals surface area contributed by atoms with Crippen molar-refractivity contribution in [3.8, 4) is 0 Å².